The van der Waals surface area contributed by atoms with E-state index in [1.165, 1.54) is 87.8 Å². The van der Waals surface area contributed by atoms with Gasteiger partial charge in [0.1, 0.15) is 50.5 Å². The highest BCUT2D eigenvalue weighted by molar-refractivity contribution is 5.94. The Kier molecular flexibility index (Phi) is 6.72. The third-order valence-corrected chi connectivity index (χ3v) is 13.3. The minimum absolute atomic E-state index is 0.269. The summed E-state index contributed by atoms with van der Waals surface area (Å²) in [7, 11) is 0. The Bertz CT molecular complexity index is 1520. The Balaban J connectivity index is 1.05. The summed E-state index contributed by atoms with van der Waals surface area (Å²) in [4.78, 5) is 0. The van der Waals surface area contributed by atoms with E-state index < -0.39 is 0 Å². The lowest BCUT2D eigenvalue weighted by atomic mass is 9.46. The molecule has 8 aliphatic carbocycles. The zero-order valence-corrected chi connectivity index (χ0v) is 27.1. The van der Waals surface area contributed by atoms with Crippen LogP contribution in [0.4, 0.5) is 0 Å². The van der Waals surface area contributed by atoms with E-state index in [1.807, 2.05) is 0 Å². The number of ether oxygens (including phenoxy) is 6. The second kappa shape index (κ2) is 10.9. The van der Waals surface area contributed by atoms with Crippen molar-refractivity contribution in [2.75, 3.05) is 39.6 Å². The molecule has 8 saturated carbocycles. The zero-order valence-electron chi connectivity index (χ0n) is 27.1. The van der Waals surface area contributed by atoms with Crippen molar-refractivity contribution >= 4 is 10.8 Å². The van der Waals surface area contributed by atoms with Crippen molar-refractivity contribution in [3.63, 3.8) is 0 Å². The maximum atomic E-state index is 6.70. The molecule has 6 nitrogen and oxygen atoms in total. The summed E-state index contributed by atoms with van der Waals surface area (Å²) in [6.45, 7) is 3.07. The summed E-state index contributed by atoms with van der Waals surface area (Å²) < 4.78 is 34.9. The molecule has 0 spiro atoms. The van der Waals surface area contributed by atoms with Crippen molar-refractivity contribution < 1.29 is 28.4 Å². The lowest BCUT2D eigenvalue weighted by Gasteiger charge is -2.59. The predicted octanol–water partition coefficient (Wildman–Crippen LogP) is 8.31. The molecule has 0 N–H and O–H groups in total. The fourth-order valence-electron chi connectivity index (χ4n) is 12.3. The van der Waals surface area contributed by atoms with Gasteiger partial charge in [0.05, 0.1) is 13.2 Å². The van der Waals surface area contributed by atoms with Crippen molar-refractivity contribution in [3.8, 4) is 11.5 Å². The van der Waals surface area contributed by atoms with Crippen LogP contribution in [0.2, 0.25) is 0 Å². The average Bonchev–Trinajstić information content (AvgIpc) is 3.95. The molecule has 6 heteroatoms. The smallest absolute Gasteiger partial charge is 0.164 e. The number of fused-ring (bicyclic) bond motifs is 1. The highest BCUT2D eigenvalue weighted by Gasteiger charge is 2.54. The van der Waals surface area contributed by atoms with Gasteiger partial charge in [-0.3, -0.25) is 0 Å². The fraction of sp³-hybridized carbons (Fsp3) is 0.650. The molecular weight excluding hydrogens is 576 g/mol. The van der Waals surface area contributed by atoms with Crippen molar-refractivity contribution in [1.29, 1.82) is 0 Å². The Labute approximate surface area is 272 Å². The normalized spacial score (nSPS) is 37.1. The SMILES string of the molecule is C1=C(COCCOc2cc(OCCOCC3=CO3)c3c(C45CC6CC(CC(C6)C4)C5)cc(C45CC6CC(CC(C6)C4)C5)cc3c2)O1. The van der Waals surface area contributed by atoms with Crippen molar-refractivity contribution in [2.45, 2.75) is 87.9 Å². The van der Waals surface area contributed by atoms with Gasteiger partial charge >= 0.3 is 0 Å². The number of rotatable bonds is 14. The van der Waals surface area contributed by atoms with E-state index >= 15 is 0 Å². The molecule has 2 aliphatic heterocycles. The summed E-state index contributed by atoms with van der Waals surface area (Å²) in [5.74, 6) is 9.08. The van der Waals surface area contributed by atoms with E-state index in [0.717, 1.165) is 58.5 Å². The zero-order chi connectivity index (χ0) is 30.3. The van der Waals surface area contributed by atoms with Gasteiger partial charge in [0.15, 0.2) is 11.5 Å². The van der Waals surface area contributed by atoms with Crippen LogP contribution in [0.15, 0.2) is 48.3 Å². The molecule has 2 heterocycles. The van der Waals surface area contributed by atoms with Crippen LogP contribution in [0.5, 0.6) is 11.5 Å². The molecule has 244 valence electrons. The third kappa shape index (κ3) is 5.23. The van der Waals surface area contributed by atoms with E-state index in [2.05, 4.69) is 24.3 Å². The van der Waals surface area contributed by atoms with Crippen LogP contribution >= 0.6 is 0 Å². The van der Waals surface area contributed by atoms with Crippen LogP contribution < -0.4 is 9.47 Å². The van der Waals surface area contributed by atoms with Gasteiger partial charge in [-0.25, -0.2) is 0 Å². The summed E-state index contributed by atoms with van der Waals surface area (Å²) in [5.41, 5.74) is 3.86. The van der Waals surface area contributed by atoms with E-state index in [0.29, 0.717) is 45.1 Å². The lowest BCUT2D eigenvalue weighted by Crippen LogP contribution is -2.50. The molecule has 2 aromatic rings. The lowest BCUT2D eigenvalue weighted by molar-refractivity contribution is -0.00791. The minimum atomic E-state index is 0.269. The Hall–Kier alpha value is -2.70. The van der Waals surface area contributed by atoms with Crippen LogP contribution in [0.1, 0.15) is 88.2 Å². The second-order valence-electron chi connectivity index (χ2n) is 16.6. The molecule has 0 amide bonds. The molecule has 0 atom stereocenters. The number of hydrogen-bond acceptors (Lipinski definition) is 6. The van der Waals surface area contributed by atoms with Gasteiger partial charge < -0.3 is 28.4 Å². The first-order valence-electron chi connectivity index (χ1n) is 18.3. The van der Waals surface area contributed by atoms with Crippen LogP contribution in [0, 0.1) is 35.5 Å². The molecule has 8 bridgehead atoms. The molecule has 8 fully saturated rings. The van der Waals surface area contributed by atoms with Crippen molar-refractivity contribution in [3.05, 3.63) is 59.4 Å². The molecule has 2 aromatic carbocycles. The van der Waals surface area contributed by atoms with E-state index in [1.54, 1.807) is 23.7 Å². The van der Waals surface area contributed by atoms with Crippen LogP contribution in [0.25, 0.3) is 10.8 Å². The summed E-state index contributed by atoms with van der Waals surface area (Å²) >= 11 is 0. The summed E-state index contributed by atoms with van der Waals surface area (Å²) in [5, 5.41) is 2.64. The molecule has 0 unspecified atom stereocenters. The maximum Gasteiger partial charge on any atom is 0.164 e. The van der Waals surface area contributed by atoms with Crippen molar-refractivity contribution in [1.82, 2.24) is 0 Å². The van der Waals surface area contributed by atoms with Gasteiger partial charge in [-0.2, -0.15) is 0 Å². The topological polar surface area (TPSA) is 62.0 Å². The first kappa shape index (κ1) is 28.3. The van der Waals surface area contributed by atoms with Gasteiger partial charge in [-0.1, -0.05) is 12.1 Å². The van der Waals surface area contributed by atoms with Gasteiger partial charge in [0.25, 0.3) is 0 Å². The van der Waals surface area contributed by atoms with E-state index in [-0.39, 0.29) is 5.41 Å². The van der Waals surface area contributed by atoms with Gasteiger partial charge in [0.2, 0.25) is 0 Å². The first-order chi connectivity index (χ1) is 22.6. The second-order valence-corrected chi connectivity index (χ2v) is 16.6. The van der Waals surface area contributed by atoms with Gasteiger partial charge in [-0.15, -0.1) is 0 Å². The third-order valence-electron chi connectivity index (χ3n) is 13.3. The fourth-order valence-corrected chi connectivity index (χ4v) is 12.3. The summed E-state index contributed by atoms with van der Waals surface area (Å²) in [6, 6.07) is 9.80. The molecular formula is C40H48O6. The maximum absolute atomic E-state index is 6.70. The molecule has 10 aliphatic rings. The number of hydrogen-bond donors (Lipinski definition) is 0. The Morgan fingerprint density at radius 1 is 0.565 bits per heavy atom. The van der Waals surface area contributed by atoms with Gasteiger partial charge in [-0.05, 0) is 146 Å². The molecule has 0 saturated heterocycles. The van der Waals surface area contributed by atoms with E-state index in [4.69, 9.17) is 28.4 Å². The van der Waals surface area contributed by atoms with Crippen LogP contribution in [0.3, 0.4) is 0 Å². The highest BCUT2D eigenvalue weighted by atomic mass is 16.6. The van der Waals surface area contributed by atoms with E-state index in [9.17, 15) is 0 Å². The first-order valence-corrected chi connectivity index (χ1v) is 18.3. The predicted molar refractivity (Wildman–Crippen MR) is 175 cm³/mol. The molecule has 0 aromatic heterocycles. The van der Waals surface area contributed by atoms with Crippen LogP contribution in [-0.4, -0.2) is 39.6 Å². The van der Waals surface area contributed by atoms with Gasteiger partial charge in [0, 0.05) is 11.5 Å². The Morgan fingerprint density at radius 2 is 1.07 bits per heavy atom. The highest BCUT2D eigenvalue weighted by Crippen LogP contribution is 2.64. The molecule has 46 heavy (non-hydrogen) atoms. The largest absolute Gasteiger partial charge is 0.491 e. The standard InChI is InChI=1S/C40H48O6/c1(41-21-34-23-45-34)3-43-33-12-31-11-32(39-15-25-5-26(16-39)7-27(6-25)17-39)13-36(40-18-28-8-29(19-40)10-30(9-28)20-40)38(31)37(14-33)44-4-2-42-22-35-24-46-35/h11-14,23-30H,1-10,15-22H2. The quantitative estimate of drug-likeness (QED) is 0.197. The molecule has 12 rings (SSSR count). The average molecular weight is 625 g/mol. The molecule has 0 radical (unpaired) electrons. The monoisotopic (exact) mass is 624 g/mol. The Morgan fingerprint density at radius 3 is 1.59 bits per heavy atom. The minimum Gasteiger partial charge on any atom is -0.491 e. The van der Waals surface area contributed by atoms with Crippen molar-refractivity contribution in [2.24, 2.45) is 35.5 Å². The summed E-state index contributed by atoms with van der Waals surface area (Å²) in [6.07, 6.45) is 20.5. The number of benzene rings is 2. The van der Waals surface area contributed by atoms with Crippen LogP contribution in [-0.2, 0) is 29.8 Å².